The summed E-state index contributed by atoms with van der Waals surface area (Å²) in [4.78, 5) is 12.2. The van der Waals surface area contributed by atoms with Gasteiger partial charge in [-0.2, -0.15) is 5.06 Å². The van der Waals surface area contributed by atoms with Gasteiger partial charge in [0, 0.05) is 4.90 Å². The summed E-state index contributed by atoms with van der Waals surface area (Å²) in [7, 11) is 0. The maximum atomic E-state index is 11.3. The minimum Gasteiger partial charge on any atom is -0.281 e. The van der Waals surface area contributed by atoms with Crippen molar-refractivity contribution < 1.29 is 10.0 Å². The van der Waals surface area contributed by atoms with E-state index in [2.05, 4.69) is 15.9 Å². The molecule has 1 aromatic carbocycles. The maximum absolute atomic E-state index is 11.3. The van der Waals surface area contributed by atoms with Crippen molar-refractivity contribution in [3.8, 4) is 0 Å². The number of amides is 1. The Kier molecular flexibility index (Phi) is 2.31. The number of thioether (sulfide) groups is 1. The number of hydrogen-bond acceptors (Lipinski definition) is 3. The molecule has 0 fully saturated rings. The molecule has 1 unspecified atom stereocenters. The first kappa shape index (κ1) is 9.05. The summed E-state index contributed by atoms with van der Waals surface area (Å²) in [5.74, 6) is -0.344. The number of rotatable bonds is 0. The second-order valence-corrected chi connectivity index (χ2v) is 5.22. The van der Waals surface area contributed by atoms with Crippen LogP contribution in [-0.4, -0.2) is 15.3 Å². The monoisotopic (exact) mass is 259 g/mol. The van der Waals surface area contributed by atoms with Crippen molar-refractivity contribution in [3.63, 3.8) is 0 Å². The third-order valence-electron chi connectivity index (χ3n) is 1.73. The number of anilines is 1. The summed E-state index contributed by atoms with van der Waals surface area (Å²) in [6.07, 6.45) is 0. The summed E-state index contributed by atoms with van der Waals surface area (Å²) in [5.41, 5.74) is 0.549. The number of hydrogen-bond donors (Lipinski definition) is 1. The van der Waals surface area contributed by atoms with Crippen molar-refractivity contribution in [2.75, 3.05) is 5.06 Å². The normalized spacial score (nSPS) is 21.5. The Morgan fingerprint density at radius 3 is 2.92 bits per heavy atom. The average molecular weight is 260 g/mol. The topological polar surface area (TPSA) is 40.5 Å². The van der Waals surface area contributed by atoms with E-state index < -0.39 is 4.16 Å². The Bertz CT molecular complexity index is 358. The standard InChI is InChI=1S/C8H6BrNO2S/c9-7-8(11)10(12)5-3-1-2-4-6(5)13-7/h1-4,7,12H. The lowest BCUT2D eigenvalue weighted by molar-refractivity contribution is -0.121. The fourth-order valence-electron chi connectivity index (χ4n) is 1.11. The van der Waals surface area contributed by atoms with E-state index in [1.165, 1.54) is 11.8 Å². The average Bonchev–Trinajstić information content (AvgIpc) is 2.15. The van der Waals surface area contributed by atoms with E-state index in [0.717, 1.165) is 4.90 Å². The number of carbonyl (C=O) groups is 1. The molecule has 0 saturated heterocycles. The molecule has 1 amide bonds. The molecular weight excluding hydrogens is 254 g/mol. The van der Waals surface area contributed by atoms with Gasteiger partial charge in [0.15, 0.2) is 0 Å². The molecule has 3 nitrogen and oxygen atoms in total. The van der Waals surface area contributed by atoms with Crippen LogP contribution in [0.1, 0.15) is 0 Å². The Hall–Kier alpha value is -0.520. The van der Waals surface area contributed by atoms with Gasteiger partial charge in [-0.25, -0.2) is 0 Å². The van der Waals surface area contributed by atoms with Crippen LogP contribution < -0.4 is 5.06 Å². The first-order valence-electron chi connectivity index (χ1n) is 3.63. The number of benzene rings is 1. The molecule has 68 valence electrons. The maximum Gasteiger partial charge on any atom is 0.274 e. The molecule has 1 atom stereocenters. The summed E-state index contributed by atoms with van der Waals surface area (Å²) >= 11 is 4.56. The van der Waals surface area contributed by atoms with E-state index in [-0.39, 0.29) is 5.91 Å². The highest BCUT2D eigenvalue weighted by atomic mass is 79.9. The highest BCUT2D eigenvalue weighted by Gasteiger charge is 2.30. The van der Waals surface area contributed by atoms with Crippen molar-refractivity contribution in [2.24, 2.45) is 0 Å². The zero-order valence-electron chi connectivity index (χ0n) is 6.48. The molecule has 13 heavy (non-hydrogen) atoms. The second-order valence-electron chi connectivity index (χ2n) is 2.55. The Balaban J connectivity index is 2.49. The lowest BCUT2D eigenvalue weighted by Crippen LogP contribution is -2.35. The number of halogens is 1. The first-order valence-corrected chi connectivity index (χ1v) is 5.42. The van der Waals surface area contributed by atoms with Crippen LogP contribution in [0.3, 0.4) is 0 Å². The highest BCUT2D eigenvalue weighted by Crippen LogP contribution is 2.40. The third-order valence-corrected chi connectivity index (χ3v) is 3.69. The van der Waals surface area contributed by atoms with Crippen molar-refractivity contribution >= 4 is 39.3 Å². The molecule has 1 heterocycles. The zero-order valence-corrected chi connectivity index (χ0v) is 8.88. The molecule has 0 spiro atoms. The molecule has 1 aliphatic rings. The van der Waals surface area contributed by atoms with Gasteiger partial charge in [-0.15, -0.1) is 0 Å². The molecule has 2 rings (SSSR count). The van der Waals surface area contributed by atoms with E-state index in [4.69, 9.17) is 0 Å². The zero-order chi connectivity index (χ0) is 9.42. The summed E-state index contributed by atoms with van der Waals surface area (Å²) < 4.78 is -0.396. The summed E-state index contributed by atoms with van der Waals surface area (Å²) in [6.45, 7) is 0. The predicted octanol–water partition coefficient (Wildman–Crippen LogP) is 2.24. The third kappa shape index (κ3) is 1.47. The second kappa shape index (κ2) is 3.32. The van der Waals surface area contributed by atoms with Crippen LogP contribution in [0.25, 0.3) is 0 Å². The Morgan fingerprint density at radius 2 is 2.15 bits per heavy atom. The summed E-state index contributed by atoms with van der Waals surface area (Å²) in [6, 6.07) is 7.22. The Morgan fingerprint density at radius 1 is 1.46 bits per heavy atom. The molecule has 1 N–H and O–H groups in total. The van der Waals surface area contributed by atoms with Crippen molar-refractivity contribution in [1.29, 1.82) is 0 Å². The molecule has 0 radical (unpaired) electrons. The van der Waals surface area contributed by atoms with Crippen molar-refractivity contribution in [1.82, 2.24) is 0 Å². The lowest BCUT2D eigenvalue weighted by Gasteiger charge is -2.25. The van der Waals surface area contributed by atoms with E-state index in [0.29, 0.717) is 10.8 Å². The van der Waals surface area contributed by atoms with Gasteiger partial charge in [0.1, 0.15) is 4.16 Å². The van der Waals surface area contributed by atoms with Gasteiger partial charge in [-0.1, -0.05) is 39.8 Å². The van der Waals surface area contributed by atoms with Crippen LogP contribution in [0.5, 0.6) is 0 Å². The number of nitrogens with zero attached hydrogens (tertiary/aromatic N) is 1. The number of alkyl halides is 1. The van der Waals surface area contributed by atoms with E-state index in [9.17, 15) is 10.0 Å². The van der Waals surface area contributed by atoms with E-state index in [1.807, 2.05) is 12.1 Å². The smallest absolute Gasteiger partial charge is 0.274 e. The molecule has 0 saturated carbocycles. The molecule has 0 bridgehead atoms. The van der Waals surface area contributed by atoms with Gasteiger partial charge in [-0.05, 0) is 12.1 Å². The number of hydroxylamine groups is 1. The quantitative estimate of drug-likeness (QED) is 0.574. The molecule has 1 aliphatic heterocycles. The van der Waals surface area contributed by atoms with E-state index in [1.54, 1.807) is 12.1 Å². The fourth-order valence-corrected chi connectivity index (χ4v) is 2.76. The van der Waals surface area contributed by atoms with Gasteiger partial charge in [-0.3, -0.25) is 10.0 Å². The predicted molar refractivity (Wildman–Crippen MR) is 54.3 cm³/mol. The van der Waals surface area contributed by atoms with Crippen LogP contribution in [0.4, 0.5) is 5.69 Å². The van der Waals surface area contributed by atoms with Gasteiger partial charge in [0.05, 0.1) is 5.69 Å². The minimum atomic E-state index is -0.396. The van der Waals surface area contributed by atoms with Crippen LogP contribution in [0.15, 0.2) is 29.2 Å². The largest absolute Gasteiger partial charge is 0.281 e. The Labute approximate surface area is 87.8 Å². The van der Waals surface area contributed by atoms with Crippen LogP contribution >= 0.6 is 27.7 Å². The number of carbonyl (C=O) groups excluding carboxylic acids is 1. The molecule has 0 aliphatic carbocycles. The molecular formula is C8H6BrNO2S. The highest BCUT2D eigenvalue weighted by molar-refractivity contribution is 9.11. The molecule has 0 aromatic heterocycles. The van der Waals surface area contributed by atoms with Gasteiger partial charge >= 0.3 is 0 Å². The fraction of sp³-hybridized carbons (Fsp3) is 0.125. The minimum absolute atomic E-state index is 0.344. The van der Waals surface area contributed by atoms with Crippen molar-refractivity contribution in [2.45, 2.75) is 9.05 Å². The number of fused-ring (bicyclic) bond motifs is 1. The van der Waals surface area contributed by atoms with Gasteiger partial charge in [0.25, 0.3) is 5.91 Å². The van der Waals surface area contributed by atoms with Crippen LogP contribution in [0, 0.1) is 0 Å². The SMILES string of the molecule is O=C1C(Br)Sc2ccccc2N1O. The van der Waals surface area contributed by atoms with Crippen LogP contribution in [0.2, 0.25) is 0 Å². The number of para-hydroxylation sites is 1. The summed E-state index contributed by atoms with van der Waals surface area (Å²) in [5, 5.41) is 10.1. The van der Waals surface area contributed by atoms with Gasteiger partial charge in [0.2, 0.25) is 0 Å². The molecule has 1 aromatic rings. The van der Waals surface area contributed by atoms with E-state index >= 15 is 0 Å². The van der Waals surface area contributed by atoms with Crippen LogP contribution in [-0.2, 0) is 4.79 Å². The molecule has 5 heteroatoms. The lowest BCUT2D eigenvalue weighted by atomic mass is 10.3. The van der Waals surface area contributed by atoms with Crippen molar-refractivity contribution in [3.05, 3.63) is 24.3 Å². The first-order chi connectivity index (χ1) is 6.20. The van der Waals surface area contributed by atoms with Gasteiger partial charge < -0.3 is 0 Å².